The molecule has 6 heteroatoms. The molecule has 0 aliphatic heterocycles. The highest BCUT2D eigenvalue weighted by Gasteiger charge is 2.28. The van der Waals surface area contributed by atoms with Gasteiger partial charge in [0.15, 0.2) is 0 Å². The van der Waals surface area contributed by atoms with E-state index in [0.717, 1.165) is 10.0 Å². The van der Waals surface area contributed by atoms with E-state index in [9.17, 15) is 12.8 Å². The van der Waals surface area contributed by atoms with Crippen LogP contribution in [0.5, 0.6) is 0 Å². The predicted octanol–water partition coefficient (Wildman–Crippen LogP) is 6.73. The van der Waals surface area contributed by atoms with E-state index in [0.29, 0.717) is 28.0 Å². The van der Waals surface area contributed by atoms with E-state index < -0.39 is 15.8 Å². The summed E-state index contributed by atoms with van der Waals surface area (Å²) >= 11 is 3.44. The van der Waals surface area contributed by atoms with Gasteiger partial charge in [0.1, 0.15) is 5.82 Å². The van der Waals surface area contributed by atoms with Crippen molar-refractivity contribution >= 4 is 37.2 Å². The predicted molar refractivity (Wildman–Crippen MR) is 129 cm³/mol. The zero-order valence-electron chi connectivity index (χ0n) is 17.4. The minimum absolute atomic E-state index is 0.0788. The highest BCUT2D eigenvalue weighted by atomic mass is 79.9. The number of sulfonamides is 1. The zero-order valence-corrected chi connectivity index (χ0v) is 19.8. The lowest BCUT2D eigenvalue weighted by Crippen LogP contribution is -2.33. The van der Waals surface area contributed by atoms with Crippen molar-refractivity contribution in [1.29, 1.82) is 0 Å². The van der Waals surface area contributed by atoms with Gasteiger partial charge in [-0.25, -0.2) is 12.8 Å². The summed E-state index contributed by atoms with van der Waals surface area (Å²) in [5.74, 6) is -0.425. The second-order valence-corrected chi connectivity index (χ2v) is 10.2. The Hall–Kier alpha value is -2.70. The van der Waals surface area contributed by atoms with Crippen molar-refractivity contribution in [3.63, 3.8) is 0 Å². The van der Waals surface area contributed by atoms with Crippen LogP contribution in [0.4, 0.5) is 10.1 Å². The summed E-state index contributed by atoms with van der Waals surface area (Å²) < 4.78 is 43.7. The number of benzene rings is 3. The first kappa shape index (κ1) is 23.0. The van der Waals surface area contributed by atoms with Crippen LogP contribution in [0, 0.1) is 12.7 Å². The molecule has 0 saturated carbocycles. The molecule has 0 atom stereocenters. The van der Waals surface area contributed by atoms with E-state index in [2.05, 4.69) is 29.1 Å². The fourth-order valence-electron chi connectivity index (χ4n) is 3.20. The first-order chi connectivity index (χ1) is 14.6. The second kappa shape index (κ2) is 9.20. The SMILES string of the molecule is C=C(C)CN(c1ccc(Br)cc1C(=C)c1ccccc1F)S(=O)(=O)c1ccc(C)cc1. The number of rotatable bonds is 7. The normalized spacial score (nSPS) is 11.2. The molecule has 0 unspecified atom stereocenters. The van der Waals surface area contributed by atoms with Crippen LogP contribution in [0.15, 0.2) is 94.8 Å². The van der Waals surface area contributed by atoms with Crippen molar-refractivity contribution < 1.29 is 12.8 Å². The topological polar surface area (TPSA) is 37.4 Å². The monoisotopic (exact) mass is 499 g/mol. The number of anilines is 1. The van der Waals surface area contributed by atoms with Crippen LogP contribution in [0.3, 0.4) is 0 Å². The largest absolute Gasteiger partial charge is 0.264 e. The van der Waals surface area contributed by atoms with Crippen molar-refractivity contribution in [3.05, 3.63) is 112 Å². The van der Waals surface area contributed by atoms with Crippen molar-refractivity contribution in [1.82, 2.24) is 0 Å². The first-order valence-corrected chi connectivity index (χ1v) is 11.8. The van der Waals surface area contributed by atoms with Crippen LogP contribution in [-0.2, 0) is 10.0 Å². The number of hydrogen-bond acceptors (Lipinski definition) is 2. The van der Waals surface area contributed by atoms with Gasteiger partial charge >= 0.3 is 0 Å². The summed E-state index contributed by atoms with van der Waals surface area (Å²) in [5, 5.41) is 0. The summed E-state index contributed by atoms with van der Waals surface area (Å²) in [6.45, 7) is 11.7. The van der Waals surface area contributed by atoms with Gasteiger partial charge in [-0.2, -0.15) is 0 Å². The maximum absolute atomic E-state index is 14.5. The summed E-state index contributed by atoms with van der Waals surface area (Å²) in [5.41, 5.74) is 3.24. The summed E-state index contributed by atoms with van der Waals surface area (Å²) in [7, 11) is -3.90. The standard InChI is InChI=1S/C25H23BrFNO2S/c1-17(2)16-28(31(29,30)21-12-9-18(3)10-13-21)25-14-11-20(26)15-23(25)19(4)22-7-5-6-8-24(22)27/h5-15H,1,4,16H2,2-3H3. The van der Waals surface area contributed by atoms with Crippen LogP contribution in [-0.4, -0.2) is 15.0 Å². The van der Waals surface area contributed by atoms with Crippen LogP contribution < -0.4 is 4.31 Å². The van der Waals surface area contributed by atoms with Gasteiger partial charge in [0, 0.05) is 15.6 Å². The molecule has 0 amide bonds. The number of halogens is 2. The third-order valence-electron chi connectivity index (χ3n) is 4.77. The molecule has 0 saturated heterocycles. The van der Waals surface area contributed by atoms with Crippen molar-refractivity contribution in [2.24, 2.45) is 0 Å². The zero-order chi connectivity index (χ0) is 22.8. The molecule has 0 fully saturated rings. The third-order valence-corrected chi connectivity index (χ3v) is 7.04. The Morgan fingerprint density at radius 2 is 1.65 bits per heavy atom. The molecule has 3 aromatic rings. The Kier molecular flexibility index (Phi) is 6.82. The third kappa shape index (κ3) is 4.97. The van der Waals surface area contributed by atoms with Gasteiger partial charge in [-0.3, -0.25) is 4.31 Å². The summed E-state index contributed by atoms with van der Waals surface area (Å²) in [6.07, 6.45) is 0. The molecular formula is C25H23BrFNO2S. The lowest BCUT2D eigenvalue weighted by Gasteiger charge is -2.28. The fourth-order valence-corrected chi connectivity index (χ4v) is 5.10. The Labute approximate surface area is 191 Å². The average Bonchev–Trinajstić information content (AvgIpc) is 2.72. The van der Waals surface area contributed by atoms with E-state index in [1.807, 2.05) is 6.92 Å². The minimum Gasteiger partial charge on any atom is -0.262 e. The molecule has 160 valence electrons. The van der Waals surface area contributed by atoms with Gasteiger partial charge in [-0.05, 0) is 55.8 Å². The highest BCUT2D eigenvalue weighted by molar-refractivity contribution is 9.10. The lowest BCUT2D eigenvalue weighted by atomic mass is 9.97. The number of aryl methyl sites for hydroxylation is 1. The molecule has 0 N–H and O–H groups in total. The van der Waals surface area contributed by atoms with Crippen LogP contribution in [0.2, 0.25) is 0 Å². The van der Waals surface area contributed by atoms with Crippen molar-refractivity contribution in [3.8, 4) is 0 Å². The van der Waals surface area contributed by atoms with Gasteiger partial charge in [-0.15, -0.1) is 0 Å². The number of nitrogens with zero attached hydrogens (tertiary/aromatic N) is 1. The highest BCUT2D eigenvalue weighted by Crippen LogP contribution is 2.36. The van der Waals surface area contributed by atoms with Crippen LogP contribution >= 0.6 is 15.9 Å². The second-order valence-electron chi connectivity index (χ2n) is 7.40. The Balaban J connectivity index is 2.21. The van der Waals surface area contributed by atoms with E-state index >= 15 is 0 Å². The molecule has 0 spiro atoms. The molecule has 3 nitrogen and oxygen atoms in total. The van der Waals surface area contributed by atoms with E-state index in [4.69, 9.17) is 0 Å². The Morgan fingerprint density at radius 3 is 2.26 bits per heavy atom. The quantitative estimate of drug-likeness (QED) is 0.338. The average molecular weight is 500 g/mol. The van der Waals surface area contributed by atoms with Gasteiger partial charge in [-0.1, -0.05) is 70.6 Å². The van der Waals surface area contributed by atoms with Gasteiger partial charge in [0.2, 0.25) is 0 Å². The Bertz CT molecular complexity index is 1250. The minimum atomic E-state index is -3.90. The molecular weight excluding hydrogens is 477 g/mol. The maximum atomic E-state index is 14.5. The molecule has 3 rings (SSSR count). The molecule has 0 bridgehead atoms. The fraction of sp³-hybridized carbons (Fsp3) is 0.120. The lowest BCUT2D eigenvalue weighted by molar-refractivity contribution is 0.592. The van der Waals surface area contributed by atoms with Crippen molar-refractivity contribution in [2.45, 2.75) is 18.7 Å². The molecule has 0 aliphatic rings. The maximum Gasteiger partial charge on any atom is 0.264 e. The molecule has 0 radical (unpaired) electrons. The summed E-state index contributed by atoms with van der Waals surface area (Å²) in [6, 6.07) is 18.2. The molecule has 0 heterocycles. The number of hydrogen-bond donors (Lipinski definition) is 0. The Morgan fingerprint density at radius 1 is 1.00 bits per heavy atom. The summed E-state index contributed by atoms with van der Waals surface area (Å²) in [4.78, 5) is 0.171. The molecule has 0 aliphatic carbocycles. The van der Waals surface area contributed by atoms with Crippen molar-refractivity contribution in [2.75, 3.05) is 10.8 Å². The van der Waals surface area contributed by atoms with Crippen LogP contribution in [0.25, 0.3) is 5.57 Å². The van der Waals surface area contributed by atoms with Gasteiger partial charge in [0.25, 0.3) is 10.0 Å². The smallest absolute Gasteiger partial charge is 0.262 e. The first-order valence-electron chi connectivity index (χ1n) is 9.59. The van der Waals surface area contributed by atoms with E-state index in [-0.39, 0.29) is 11.4 Å². The van der Waals surface area contributed by atoms with Gasteiger partial charge in [0.05, 0.1) is 17.1 Å². The molecule has 0 aromatic heterocycles. The van der Waals surface area contributed by atoms with E-state index in [1.165, 1.54) is 10.4 Å². The van der Waals surface area contributed by atoms with Gasteiger partial charge < -0.3 is 0 Å². The van der Waals surface area contributed by atoms with E-state index in [1.54, 1.807) is 67.6 Å². The van der Waals surface area contributed by atoms with Crippen LogP contribution in [0.1, 0.15) is 23.6 Å². The molecule has 31 heavy (non-hydrogen) atoms. The molecule has 3 aromatic carbocycles.